The summed E-state index contributed by atoms with van der Waals surface area (Å²) in [4.78, 5) is 11.3. The summed E-state index contributed by atoms with van der Waals surface area (Å²) in [7, 11) is 0. The van der Waals surface area contributed by atoms with Crippen molar-refractivity contribution in [3.8, 4) is 0 Å². The van der Waals surface area contributed by atoms with Gasteiger partial charge in [-0.25, -0.2) is 0 Å². The van der Waals surface area contributed by atoms with Crippen molar-refractivity contribution in [2.45, 2.75) is 59.4 Å². The Kier molecular flexibility index (Phi) is 9.30. The number of ether oxygens (including phenoxy) is 1. The predicted octanol–water partition coefficient (Wildman–Crippen LogP) is 2.74. The summed E-state index contributed by atoms with van der Waals surface area (Å²) in [6.07, 6.45) is 4.31. The van der Waals surface area contributed by atoms with Gasteiger partial charge >= 0.3 is 5.97 Å². The number of carbonyl (C=O) groups is 1. The summed E-state index contributed by atoms with van der Waals surface area (Å²) in [5, 5.41) is 3.24. The molecule has 0 spiro atoms. The minimum absolute atomic E-state index is 0.133. The van der Waals surface area contributed by atoms with Crippen LogP contribution in [0.4, 0.5) is 0 Å². The first-order valence-corrected chi connectivity index (χ1v) is 6.54. The molecule has 0 heterocycles. The first-order valence-electron chi connectivity index (χ1n) is 6.54. The number of unbranched alkanes of at least 4 members (excludes halogenated alkanes) is 1. The maximum Gasteiger partial charge on any atom is 0.319 e. The Morgan fingerprint density at radius 3 is 2.38 bits per heavy atom. The Balaban J connectivity index is 3.65. The Morgan fingerprint density at radius 1 is 1.25 bits per heavy atom. The minimum atomic E-state index is -0.133. The van der Waals surface area contributed by atoms with Crippen LogP contribution in [0.2, 0.25) is 0 Å². The van der Waals surface area contributed by atoms with Gasteiger partial charge in [0.1, 0.15) is 0 Å². The molecular weight excluding hydrogens is 202 g/mol. The molecule has 0 aromatic heterocycles. The van der Waals surface area contributed by atoms with Crippen molar-refractivity contribution in [2.24, 2.45) is 5.92 Å². The molecule has 0 aromatic rings. The molecule has 0 bridgehead atoms. The zero-order chi connectivity index (χ0) is 12.4. The fraction of sp³-hybridized carbons (Fsp3) is 0.923. The van der Waals surface area contributed by atoms with Gasteiger partial charge in [0, 0.05) is 6.04 Å². The van der Waals surface area contributed by atoms with E-state index in [2.05, 4.69) is 33.0 Å². The van der Waals surface area contributed by atoms with Crippen LogP contribution in [0.3, 0.4) is 0 Å². The van der Waals surface area contributed by atoms with Gasteiger partial charge in [0.2, 0.25) is 0 Å². The van der Waals surface area contributed by atoms with E-state index in [0.717, 1.165) is 25.7 Å². The van der Waals surface area contributed by atoms with Crippen LogP contribution < -0.4 is 5.32 Å². The Bertz CT molecular complexity index is 179. The normalized spacial score (nSPS) is 12.8. The third kappa shape index (κ3) is 6.83. The summed E-state index contributed by atoms with van der Waals surface area (Å²) in [5.41, 5.74) is 0. The first-order chi connectivity index (χ1) is 7.65. The van der Waals surface area contributed by atoms with Gasteiger partial charge in [-0.3, -0.25) is 4.79 Å². The van der Waals surface area contributed by atoms with E-state index in [-0.39, 0.29) is 5.97 Å². The van der Waals surface area contributed by atoms with Crippen LogP contribution in [0.15, 0.2) is 0 Å². The van der Waals surface area contributed by atoms with E-state index in [1.54, 1.807) is 0 Å². The Morgan fingerprint density at radius 2 is 1.88 bits per heavy atom. The lowest BCUT2D eigenvalue weighted by Gasteiger charge is -2.22. The molecule has 0 rings (SSSR count). The second-order valence-electron chi connectivity index (χ2n) is 4.32. The molecule has 3 heteroatoms. The van der Waals surface area contributed by atoms with Crippen molar-refractivity contribution >= 4 is 5.97 Å². The van der Waals surface area contributed by atoms with Gasteiger partial charge in [-0.2, -0.15) is 0 Å². The maximum atomic E-state index is 11.3. The number of rotatable bonds is 9. The Hall–Kier alpha value is -0.570. The van der Waals surface area contributed by atoms with Crippen molar-refractivity contribution in [2.75, 3.05) is 13.2 Å². The summed E-state index contributed by atoms with van der Waals surface area (Å²) in [6.45, 7) is 9.48. The van der Waals surface area contributed by atoms with E-state index in [9.17, 15) is 4.79 Å². The Labute approximate surface area is 99.9 Å². The molecule has 0 fully saturated rings. The van der Waals surface area contributed by atoms with Crippen molar-refractivity contribution in [3.05, 3.63) is 0 Å². The second-order valence-corrected chi connectivity index (χ2v) is 4.32. The topological polar surface area (TPSA) is 38.3 Å². The van der Waals surface area contributed by atoms with Crippen LogP contribution in [0, 0.1) is 5.92 Å². The SMILES string of the molecule is CCCCOC(=O)CNC(C)C(CC)CC. The lowest BCUT2D eigenvalue weighted by atomic mass is 9.96. The molecule has 1 N–H and O–H groups in total. The molecule has 1 atom stereocenters. The molecule has 0 saturated carbocycles. The number of hydrogen-bond donors (Lipinski definition) is 1. The van der Waals surface area contributed by atoms with Crippen LogP contribution in [-0.4, -0.2) is 25.2 Å². The summed E-state index contributed by atoms with van der Waals surface area (Å²) >= 11 is 0. The maximum absolute atomic E-state index is 11.3. The average Bonchev–Trinajstić information content (AvgIpc) is 2.28. The van der Waals surface area contributed by atoms with Crippen molar-refractivity contribution in [3.63, 3.8) is 0 Å². The molecule has 3 nitrogen and oxygen atoms in total. The fourth-order valence-corrected chi connectivity index (χ4v) is 1.79. The smallest absolute Gasteiger partial charge is 0.319 e. The largest absolute Gasteiger partial charge is 0.465 e. The number of hydrogen-bond acceptors (Lipinski definition) is 3. The summed E-state index contributed by atoms with van der Waals surface area (Å²) < 4.78 is 5.08. The highest BCUT2D eigenvalue weighted by Crippen LogP contribution is 2.12. The molecule has 0 aromatic carbocycles. The van der Waals surface area contributed by atoms with Gasteiger partial charge in [0.05, 0.1) is 13.2 Å². The average molecular weight is 229 g/mol. The number of carbonyl (C=O) groups excluding carboxylic acids is 1. The summed E-state index contributed by atoms with van der Waals surface area (Å²) in [6, 6.07) is 0.383. The van der Waals surface area contributed by atoms with Crippen LogP contribution >= 0.6 is 0 Å². The number of nitrogens with one attached hydrogen (secondary N) is 1. The molecule has 16 heavy (non-hydrogen) atoms. The molecule has 0 radical (unpaired) electrons. The lowest BCUT2D eigenvalue weighted by molar-refractivity contribution is -0.142. The van der Waals surface area contributed by atoms with Gasteiger partial charge in [0.25, 0.3) is 0 Å². The summed E-state index contributed by atoms with van der Waals surface area (Å²) in [5.74, 6) is 0.509. The van der Waals surface area contributed by atoms with E-state index in [1.807, 2.05) is 0 Å². The highest BCUT2D eigenvalue weighted by Gasteiger charge is 2.14. The minimum Gasteiger partial charge on any atom is -0.465 e. The highest BCUT2D eigenvalue weighted by atomic mass is 16.5. The number of esters is 1. The van der Waals surface area contributed by atoms with Crippen LogP contribution in [0.5, 0.6) is 0 Å². The third-order valence-corrected chi connectivity index (χ3v) is 3.09. The van der Waals surface area contributed by atoms with E-state index < -0.39 is 0 Å². The van der Waals surface area contributed by atoms with Crippen molar-refractivity contribution in [1.82, 2.24) is 5.32 Å². The van der Waals surface area contributed by atoms with Gasteiger partial charge < -0.3 is 10.1 Å². The molecule has 1 unspecified atom stereocenters. The quantitative estimate of drug-likeness (QED) is 0.488. The molecule has 96 valence electrons. The van der Waals surface area contributed by atoms with Crippen LogP contribution in [0.25, 0.3) is 0 Å². The van der Waals surface area contributed by atoms with Crippen LogP contribution in [-0.2, 0) is 9.53 Å². The predicted molar refractivity (Wildman–Crippen MR) is 67.4 cm³/mol. The standard InChI is InChI=1S/C13H27NO2/c1-5-8-9-16-13(15)10-14-11(4)12(6-2)7-3/h11-12,14H,5-10H2,1-4H3. The van der Waals surface area contributed by atoms with Gasteiger partial charge in [-0.05, 0) is 19.3 Å². The highest BCUT2D eigenvalue weighted by molar-refractivity contribution is 5.71. The molecule has 0 saturated heterocycles. The van der Waals surface area contributed by atoms with Gasteiger partial charge in [-0.15, -0.1) is 0 Å². The van der Waals surface area contributed by atoms with Crippen molar-refractivity contribution in [1.29, 1.82) is 0 Å². The lowest BCUT2D eigenvalue weighted by Crippen LogP contribution is -2.37. The van der Waals surface area contributed by atoms with E-state index >= 15 is 0 Å². The van der Waals surface area contributed by atoms with E-state index in [4.69, 9.17) is 4.74 Å². The monoisotopic (exact) mass is 229 g/mol. The van der Waals surface area contributed by atoms with E-state index in [1.165, 1.54) is 0 Å². The fourth-order valence-electron chi connectivity index (χ4n) is 1.79. The molecule has 0 aliphatic rings. The molecule has 0 aliphatic heterocycles. The third-order valence-electron chi connectivity index (χ3n) is 3.09. The van der Waals surface area contributed by atoms with Gasteiger partial charge in [-0.1, -0.05) is 40.0 Å². The zero-order valence-corrected chi connectivity index (χ0v) is 11.2. The first kappa shape index (κ1) is 15.4. The molecule has 0 amide bonds. The van der Waals surface area contributed by atoms with Crippen LogP contribution in [0.1, 0.15) is 53.4 Å². The molecular formula is C13H27NO2. The zero-order valence-electron chi connectivity index (χ0n) is 11.2. The van der Waals surface area contributed by atoms with Gasteiger partial charge in [0.15, 0.2) is 0 Å². The second kappa shape index (κ2) is 9.64. The van der Waals surface area contributed by atoms with Crippen molar-refractivity contribution < 1.29 is 9.53 Å². The molecule has 0 aliphatic carbocycles. The van der Waals surface area contributed by atoms with E-state index in [0.29, 0.717) is 25.1 Å².